The van der Waals surface area contributed by atoms with Crippen molar-refractivity contribution in [1.29, 1.82) is 0 Å². The fourth-order valence-electron chi connectivity index (χ4n) is 1.73. The normalized spacial score (nSPS) is 12.6. The first-order valence-corrected chi connectivity index (χ1v) is 7.39. The average molecular weight is 301 g/mol. The second-order valence-corrected chi connectivity index (χ2v) is 6.06. The van der Waals surface area contributed by atoms with Gasteiger partial charge in [0.05, 0.1) is 6.42 Å². The Kier molecular flexibility index (Phi) is 8.66. The zero-order chi connectivity index (χ0) is 16.5. The van der Waals surface area contributed by atoms with Gasteiger partial charge < -0.3 is 15.2 Å². The van der Waals surface area contributed by atoms with Crippen molar-refractivity contribution in [3.05, 3.63) is 0 Å². The highest BCUT2D eigenvalue weighted by molar-refractivity contribution is 5.87. The van der Waals surface area contributed by atoms with Gasteiger partial charge >= 0.3 is 11.9 Å². The van der Waals surface area contributed by atoms with Gasteiger partial charge in [0.25, 0.3) is 0 Å². The molecule has 6 nitrogen and oxygen atoms in total. The predicted molar refractivity (Wildman–Crippen MR) is 78.8 cm³/mol. The van der Waals surface area contributed by atoms with Gasteiger partial charge in [0.2, 0.25) is 5.91 Å². The zero-order valence-electron chi connectivity index (χ0n) is 13.4. The van der Waals surface area contributed by atoms with E-state index in [9.17, 15) is 14.4 Å². The quantitative estimate of drug-likeness (QED) is 0.503. The standard InChI is InChI=1S/C15H27NO5/c1-5-6-7-8-9-12(17)16-11(14(19)20)10-13(18)21-15(2,3)4/h11H,5-10H2,1-4H3,(H,16,17)(H,19,20)/t11-/m0/s1. The van der Waals surface area contributed by atoms with Gasteiger partial charge in [-0.15, -0.1) is 0 Å². The summed E-state index contributed by atoms with van der Waals surface area (Å²) in [5.74, 6) is -2.22. The number of aliphatic carboxylic acids is 1. The number of nitrogens with one attached hydrogen (secondary N) is 1. The molecule has 0 fully saturated rings. The van der Waals surface area contributed by atoms with E-state index >= 15 is 0 Å². The van der Waals surface area contributed by atoms with Crippen molar-refractivity contribution >= 4 is 17.8 Å². The second kappa shape index (κ2) is 9.37. The molecule has 122 valence electrons. The maximum atomic E-state index is 11.7. The van der Waals surface area contributed by atoms with E-state index in [1.54, 1.807) is 20.8 Å². The van der Waals surface area contributed by atoms with Crippen molar-refractivity contribution in [2.75, 3.05) is 0 Å². The lowest BCUT2D eigenvalue weighted by Crippen LogP contribution is -2.43. The van der Waals surface area contributed by atoms with Crippen LogP contribution in [0, 0.1) is 0 Å². The molecule has 0 saturated carbocycles. The maximum Gasteiger partial charge on any atom is 0.326 e. The Morgan fingerprint density at radius 2 is 1.76 bits per heavy atom. The number of rotatable bonds is 9. The van der Waals surface area contributed by atoms with Gasteiger partial charge in [-0.1, -0.05) is 26.2 Å². The highest BCUT2D eigenvalue weighted by atomic mass is 16.6. The molecular formula is C15H27NO5. The number of esters is 1. The summed E-state index contributed by atoms with van der Waals surface area (Å²) in [5, 5.41) is 11.4. The summed E-state index contributed by atoms with van der Waals surface area (Å²) < 4.78 is 5.06. The number of carboxylic acids is 1. The van der Waals surface area contributed by atoms with E-state index in [2.05, 4.69) is 12.2 Å². The minimum Gasteiger partial charge on any atom is -0.480 e. The lowest BCUT2D eigenvalue weighted by molar-refractivity contribution is -0.158. The third kappa shape index (κ3) is 10.8. The molecule has 0 heterocycles. The molecule has 0 rings (SSSR count). The highest BCUT2D eigenvalue weighted by Gasteiger charge is 2.26. The Hall–Kier alpha value is -1.59. The predicted octanol–water partition coefficient (Wildman–Crippen LogP) is 2.26. The second-order valence-electron chi connectivity index (χ2n) is 6.06. The fourth-order valence-corrected chi connectivity index (χ4v) is 1.73. The maximum absolute atomic E-state index is 11.7. The van der Waals surface area contributed by atoms with Crippen molar-refractivity contribution in [3.8, 4) is 0 Å². The molecule has 0 unspecified atom stereocenters. The number of amides is 1. The largest absolute Gasteiger partial charge is 0.480 e. The SMILES string of the molecule is CCCCCCC(=O)N[C@@H](CC(=O)OC(C)(C)C)C(=O)O. The van der Waals surface area contributed by atoms with Crippen LogP contribution in [0.25, 0.3) is 0 Å². The van der Waals surface area contributed by atoms with Gasteiger partial charge in [0, 0.05) is 6.42 Å². The van der Waals surface area contributed by atoms with Crippen molar-refractivity contribution < 1.29 is 24.2 Å². The van der Waals surface area contributed by atoms with Gasteiger partial charge in [-0.3, -0.25) is 9.59 Å². The molecule has 0 aromatic rings. The van der Waals surface area contributed by atoms with Crippen LogP contribution in [-0.2, 0) is 19.1 Å². The number of hydrogen-bond acceptors (Lipinski definition) is 4. The zero-order valence-corrected chi connectivity index (χ0v) is 13.4. The van der Waals surface area contributed by atoms with E-state index in [1.165, 1.54) is 0 Å². The third-order valence-corrected chi connectivity index (χ3v) is 2.68. The molecule has 0 aromatic carbocycles. The molecule has 0 aliphatic carbocycles. The van der Waals surface area contributed by atoms with E-state index in [0.29, 0.717) is 0 Å². The van der Waals surface area contributed by atoms with Crippen molar-refractivity contribution in [2.24, 2.45) is 0 Å². The summed E-state index contributed by atoms with van der Waals surface area (Å²) in [6.45, 7) is 7.17. The van der Waals surface area contributed by atoms with Crippen LogP contribution in [0.5, 0.6) is 0 Å². The number of carbonyl (C=O) groups excluding carboxylic acids is 2. The Morgan fingerprint density at radius 1 is 1.14 bits per heavy atom. The van der Waals surface area contributed by atoms with Crippen LogP contribution in [0.1, 0.15) is 66.2 Å². The minimum absolute atomic E-state index is 0.276. The smallest absolute Gasteiger partial charge is 0.326 e. The molecule has 0 radical (unpaired) electrons. The Bertz CT molecular complexity index is 360. The summed E-state index contributed by atoms with van der Waals surface area (Å²) in [4.78, 5) is 34.4. The lowest BCUT2D eigenvalue weighted by Gasteiger charge is -2.21. The van der Waals surface area contributed by atoms with Crippen LogP contribution in [-0.4, -0.2) is 34.6 Å². The molecule has 1 atom stereocenters. The summed E-state index contributed by atoms with van der Waals surface area (Å²) >= 11 is 0. The lowest BCUT2D eigenvalue weighted by atomic mass is 10.1. The Labute approximate surface area is 126 Å². The van der Waals surface area contributed by atoms with E-state index in [-0.39, 0.29) is 18.7 Å². The van der Waals surface area contributed by atoms with Crippen LogP contribution in [0.4, 0.5) is 0 Å². The number of carbonyl (C=O) groups is 3. The highest BCUT2D eigenvalue weighted by Crippen LogP contribution is 2.10. The molecule has 2 N–H and O–H groups in total. The molecule has 6 heteroatoms. The number of carboxylic acid groups (broad SMARTS) is 1. The van der Waals surface area contributed by atoms with Gasteiger partial charge in [0.15, 0.2) is 0 Å². The van der Waals surface area contributed by atoms with Crippen molar-refractivity contribution in [2.45, 2.75) is 77.9 Å². The molecular weight excluding hydrogens is 274 g/mol. The van der Waals surface area contributed by atoms with Crippen LogP contribution >= 0.6 is 0 Å². The average Bonchev–Trinajstić information content (AvgIpc) is 2.31. The van der Waals surface area contributed by atoms with E-state index in [1.807, 2.05) is 0 Å². The first-order chi connectivity index (χ1) is 9.65. The molecule has 0 aliphatic heterocycles. The van der Waals surface area contributed by atoms with Gasteiger partial charge in [-0.2, -0.15) is 0 Å². The first-order valence-electron chi connectivity index (χ1n) is 7.39. The molecule has 0 spiro atoms. The summed E-state index contributed by atoms with van der Waals surface area (Å²) in [6, 6.07) is -1.24. The van der Waals surface area contributed by atoms with E-state index < -0.39 is 23.6 Å². The molecule has 0 aliphatic rings. The molecule has 0 aromatic heterocycles. The molecule has 1 amide bonds. The molecule has 0 bridgehead atoms. The summed E-state index contributed by atoms with van der Waals surface area (Å²) in [7, 11) is 0. The Balaban J connectivity index is 4.27. The van der Waals surface area contributed by atoms with Crippen LogP contribution < -0.4 is 5.32 Å². The first kappa shape index (κ1) is 19.4. The van der Waals surface area contributed by atoms with E-state index in [4.69, 9.17) is 9.84 Å². The number of unbranched alkanes of at least 4 members (excludes halogenated alkanes) is 3. The van der Waals surface area contributed by atoms with Gasteiger partial charge in [-0.25, -0.2) is 4.79 Å². The molecule has 0 saturated heterocycles. The van der Waals surface area contributed by atoms with E-state index in [0.717, 1.165) is 25.7 Å². The van der Waals surface area contributed by atoms with Crippen molar-refractivity contribution in [1.82, 2.24) is 5.32 Å². The van der Waals surface area contributed by atoms with Gasteiger partial charge in [0.1, 0.15) is 11.6 Å². The van der Waals surface area contributed by atoms with Gasteiger partial charge in [-0.05, 0) is 27.2 Å². The third-order valence-electron chi connectivity index (χ3n) is 2.68. The minimum atomic E-state index is -1.24. The van der Waals surface area contributed by atoms with Crippen LogP contribution in [0.15, 0.2) is 0 Å². The van der Waals surface area contributed by atoms with Crippen LogP contribution in [0.2, 0.25) is 0 Å². The van der Waals surface area contributed by atoms with Crippen molar-refractivity contribution in [3.63, 3.8) is 0 Å². The van der Waals surface area contributed by atoms with Crippen LogP contribution in [0.3, 0.4) is 0 Å². The molecule has 21 heavy (non-hydrogen) atoms. The summed E-state index contributed by atoms with van der Waals surface area (Å²) in [6.07, 6.45) is 3.68. The number of ether oxygens (including phenoxy) is 1. The number of hydrogen-bond donors (Lipinski definition) is 2. The topological polar surface area (TPSA) is 92.7 Å². The monoisotopic (exact) mass is 301 g/mol. The summed E-state index contributed by atoms with van der Waals surface area (Å²) in [5.41, 5.74) is -0.676. The Morgan fingerprint density at radius 3 is 2.24 bits per heavy atom. The fraction of sp³-hybridized carbons (Fsp3) is 0.800.